The second-order valence-corrected chi connectivity index (χ2v) is 12.5. The average molecular weight is 639 g/mol. The molecule has 6 nitrogen and oxygen atoms in total. The van der Waals surface area contributed by atoms with Gasteiger partial charge in [0.2, 0.25) is 0 Å². The van der Waals surface area contributed by atoms with Crippen LogP contribution in [-0.4, -0.2) is 29.9 Å². The van der Waals surface area contributed by atoms with Crippen LogP contribution in [0.4, 0.5) is 0 Å². The molecule has 6 heteroatoms. The summed E-state index contributed by atoms with van der Waals surface area (Å²) in [7, 11) is 0. The van der Waals surface area contributed by atoms with Crippen LogP contribution < -0.4 is 0 Å². The zero-order valence-corrected chi connectivity index (χ0v) is 26.7. The van der Waals surface area contributed by atoms with E-state index in [0.717, 1.165) is 99.4 Å². The minimum atomic E-state index is 0.755. The number of hydrogen-bond donors (Lipinski definition) is 0. The largest absolute Gasteiger partial charge is 0.261 e. The molecule has 0 unspecified atom stereocenters. The highest BCUT2D eigenvalue weighted by atomic mass is 14.8. The molecule has 5 aromatic carbocycles. The number of rotatable bonds is 4. The Morgan fingerprint density at radius 1 is 0.320 bits per heavy atom. The van der Waals surface area contributed by atoms with Gasteiger partial charge in [0.25, 0.3) is 0 Å². The van der Waals surface area contributed by atoms with Gasteiger partial charge in [-0.25, -0.2) is 15.0 Å². The van der Waals surface area contributed by atoms with Gasteiger partial charge in [0.15, 0.2) is 0 Å². The van der Waals surface area contributed by atoms with Crippen molar-refractivity contribution in [3.05, 3.63) is 158 Å². The van der Waals surface area contributed by atoms with Crippen LogP contribution in [0.2, 0.25) is 0 Å². The van der Waals surface area contributed by atoms with Crippen LogP contribution in [0.25, 0.3) is 99.4 Å². The molecule has 0 N–H and O–H groups in total. The molecule has 0 fully saturated rings. The first-order valence-electron chi connectivity index (χ1n) is 16.5. The normalized spacial score (nSPS) is 11.6. The molecule has 0 bridgehead atoms. The zero-order chi connectivity index (χ0) is 33.0. The van der Waals surface area contributed by atoms with Crippen LogP contribution in [0, 0.1) is 0 Å². The van der Waals surface area contributed by atoms with Gasteiger partial charge in [0, 0.05) is 51.3 Å². The molecule has 0 saturated carbocycles. The molecule has 0 amide bonds. The lowest BCUT2D eigenvalue weighted by molar-refractivity contribution is 1.19. The quantitative estimate of drug-likeness (QED) is 0.179. The number of aromatic nitrogens is 6. The van der Waals surface area contributed by atoms with E-state index in [0.29, 0.717) is 0 Å². The summed E-state index contributed by atoms with van der Waals surface area (Å²) in [6.45, 7) is 0. The van der Waals surface area contributed by atoms with Crippen molar-refractivity contribution in [1.82, 2.24) is 29.9 Å². The summed E-state index contributed by atoms with van der Waals surface area (Å²) in [5.41, 5.74) is 11.5. The van der Waals surface area contributed by atoms with Gasteiger partial charge in [-0.15, -0.1) is 0 Å². The Morgan fingerprint density at radius 3 is 1.54 bits per heavy atom. The van der Waals surface area contributed by atoms with Crippen LogP contribution in [0.5, 0.6) is 0 Å². The van der Waals surface area contributed by atoms with Crippen molar-refractivity contribution in [3.8, 4) is 45.0 Å². The van der Waals surface area contributed by atoms with Crippen LogP contribution >= 0.6 is 0 Å². The minimum absolute atomic E-state index is 0.755. The number of hydrogen-bond acceptors (Lipinski definition) is 6. The number of pyridine rings is 4. The van der Waals surface area contributed by atoms with E-state index in [1.165, 1.54) is 0 Å². The summed E-state index contributed by atoms with van der Waals surface area (Å²) < 4.78 is 0. The van der Waals surface area contributed by atoms with Gasteiger partial charge in [0.05, 0.1) is 45.3 Å². The Kier molecular flexibility index (Phi) is 6.39. The third-order valence-electron chi connectivity index (χ3n) is 9.41. The standard InChI is InChI=1S/C44H26N6/c1-2-29-5-6-30-15-17-38(50-44(30)43(29)47-19-1)36-12-10-31-22-35(11-9-32(31)23-36)37-16-13-27-3-7-33(24-40(27)48-37)34-8-4-28-14-18-39(49-41(28)25-34)42-26-45-20-21-46-42/h1-26H. The maximum Gasteiger partial charge on any atom is 0.107 e. The highest BCUT2D eigenvalue weighted by Crippen LogP contribution is 2.32. The summed E-state index contributed by atoms with van der Waals surface area (Å²) >= 11 is 0. The van der Waals surface area contributed by atoms with E-state index >= 15 is 0 Å². The fourth-order valence-corrected chi connectivity index (χ4v) is 6.78. The first-order valence-corrected chi connectivity index (χ1v) is 16.5. The van der Waals surface area contributed by atoms with Crippen LogP contribution in [0.3, 0.4) is 0 Å². The Hall–Kier alpha value is -6.92. The molecule has 10 aromatic rings. The average Bonchev–Trinajstić information content (AvgIpc) is 3.19. The maximum absolute atomic E-state index is 5.13. The van der Waals surface area contributed by atoms with E-state index in [4.69, 9.17) is 15.0 Å². The molecule has 0 aliphatic carbocycles. The van der Waals surface area contributed by atoms with Crippen molar-refractivity contribution in [2.75, 3.05) is 0 Å². The van der Waals surface area contributed by atoms with Crippen molar-refractivity contribution in [2.45, 2.75) is 0 Å². The van der Waals surface area contributed by atoms with Gasteiger partial charge >= 0.3 is 0 Å². The maximum atomic E-state index is 5.13. The van der Waals surface area contributed by atoms with Crippen molar-refractivity contribution < 1.29 is 0 Å². The van der Waals surface area contributed by atoms with Gasteiger partial charge < -0.3 is 0 Å². The summed E-state index contributed by atoms with van der Waals surface area (Å²) in [5.74, 6) is 0. The van der Waals surface area contributed by atoms with E-state index in [1.54, 1.807) is 18.6 Å². The Labute approximate surface area is 286 Å². The number of fused-ring (bicyclic) bond motifs is 6. The first kappa shape index (κ1) is 28.1. The number of benzene rings is 5. The van der Waals surface area contributed by atoms with Crippen LogP contribution in [-0.2, 0) is 0 Å². The summed E-state index contributed by atoms with van der Waals surface area (Å²) in [6.07, 6.45) is 6.92. The van der Waals surface area contributed by atoms with E-state index in [9.17, 15) is 0 Å². The number of nitrogens with zero attached hydrogens (tertiary/aromatic N) is 6. The fraction of sp³-hybridized carbons (Fsp3) is 0. The minimum Gasteiger partial charge on any atom is -0.261 e. The zero-order valence-electron chi connectivity index (χ0n) is 26.7. The lowest BCUT2D eigenvalue weighted by atomic mass is 9.99. The molecular formula is C44H26N6. The lowest BCUT2D eigenvalue weighted by Crippen LogP contribution is -1.90. The van der Waals surface area contributed by atoms with Crippen molar-refractivity contribution in [1.29, 1.82) is 0 Å². The highest BCUT2D eigenvalue weighted by molar-refractivity contribution is 6.03. The molecule has 0 radical (unpaired) electrons. The second-order valence-electron chi connectivity index (χ2n) is 12.5. The van der Waals surface area contributed by atoms with Crippen molar-refractivity contribution in [3.63, 3.8) is 0 Å². The molecule has 5 aromatic heterocycles. The van der Waals surface area contributed by atoms with E-state index in [1.807, 2.05) is 18.3 Å². The lowest BCUT2D eigenvalue weighted by Gasteiger charge is -2.09. The summed E-state index contributed by atoms with van der Waals surface area (Å²) in [4.78, 5) is 28.3. The van der Waals surface area contributed by atoms with E-state index in [2.05, 4.69) is 136 Å². The fourth-order valence-electron chi connectivity index (χ4n) is 6.78. The van der Waals surface area contributed by atoms with Crippen LogP contribution in [0.15, 0.2) is 158 Å². The molecular weight excluding hydrogens is 613 g/mol. The summed E-state index contributed by atoms with van der Waals surface area (Å²) in [5, 5.41) is 6.65. The van der Waals surface area contributed by atoms with Crippen molar-refractivity contribution in [2.24, 2.45) is 0 Å². The van der Waals surface area contributed by atoms with Gasteiger partial charge in [-0.05, 0) is 70.4 Å². The molecule has 0 aliphatic heterocycles. The highest BCUT2D eigenvalue weighted by Gasteiger charge is 2.10. The molecule has 10 rings (SSSR count). The van der Waals surface area contributed by atoms with Crippen LogP contribution in [0.1, 0.15) is 0 Å². The van der Waals surface area contributed by atoms with Gasteiger partial charge in [0.1, 0.15) is 5.69 Å². The van der Waals surface area contributed by atoms with E-state index in [-0.39, 0.29) is 0 Å². The second kappa shape index (κ2) is 11.4. The smallest absolute Gasteiger partial charge is 0.107 e. The third-order valence-corrected chi connectivity index (χ3v) is 9.41. The van der Waals surface area contributed by atoms with E-state index < -0.39 is 0 Å². The third kappa shape index (κ3) is 4.90. The molecule has 0 saturated heterocycles. The summed E-state index contributed by atoms with van der Waals surface area (Å²) in [6, 6.07) is 46.7. The molecule has 0 spiro atoms. The Bertz CT molecular complexity index is 2940. The molecule has 0 atom stereocenters. The molecule has 0 aliphatic rings. The Balaban J connectivity index is 0.978. The topological polar surface area (TPSA) is 77.3 Å². The SMILES string of the molecule is c1cnc2c(c1)ccc1ccc(-c3ccc4cc(-c5ccc6ccc(-c7ccc8ccc(-c9cnccn9)nc8c7)cc6n5)ccc4c3)nc12. The molecule has 5 heterocycles. The predicted molar refractivity (Wildman–Crippen MR) is 202 cm³/mol. The Morgan fingerprint density at radius 2 is 0.860 bits per heavy atom. The van der Waals surface area contributed by atoms with Gasteiger partial charge in [-0.2, -0.15) is 0 Å². The van der Waals surface area contributed by atoms with Gasteiger partial charge in [-0.3, -0.25) is 15.0 Å². The first-order chi connectivity index (χ1) is 24.7. The van der Waals surface area contributed by atoms with Crippen molar-refractivity contribution >= 4 is 54.4 Å². The predicted octanol–water partition coefficient (Wildman–Crippen LogP) is 10.5. The monoisotopic (exact) mass is 638 g/mol. The molecule has 232 valence electrons. The van der Waals surface area contributed by atoms with Gasteiger partial charge in [-0.1, -0.05) is 84.9 Å². The molecule has 50 heavy (non-hydrogen) atoms.